The first kappa shape index (κ1) is 21.1. The van der Waals surface area contributed by atoms with Crippen molar-refractivity contribution in [3.8, 4) is 11.8 Å². The number of hydrogen-bond acceptors (Lipinski definition) is 4. The fourth-order valence-electron chi connectivity index (χ4n) is 3.86. The molecule has 0 radical (unpaired) electrons. The first-order valence-electron chi connectivity index (χ1n) is 11.0. The van der Waals surface area contributed by atoms with Gasteiger partial charge in [0.25, 0.3) is 0 Å². The lowest BCUT2D eigenvalue weighted by atomic mass is 10.0. The van der Waals surface area contributed by atoms with Crippen LogP contribution in [0, 0.1) is 11.8 Å². The smallest absolute Gasteiger partial charge is 0.241 e. The number of amides is 2. The van der Waals surface area contributed by atoms with E-state index in [1.54, 1.807) is 0 Å². The van der Waals surface area contributed by atoms with Crippen LogP contribution in [0.1, 0.15) is 43.2 Å². The highest BCUT2D eigenvalue weighted by Crippen LogP contribution is 2.14. The van der Waals surface area contributed by atoms with Gasteiger partial charge in [0.05, 0.1) is 12.1 Å². The summed E-state index contributed by atoms with van der Waals surface area (Å²) < 4.78 is 0. The molecule has 160 valence electrons. The maximum Gasteiger partial charge on any atom is 0.241 e. The van der Waals surface area contributed by atoms with Gasteiger partial charge in [0.1, 0.15) is 0 Å². The van der Waals surface area contributed by atoms with Crippen LogP contribution in [-0.4, -0.2) is 37.0 Å². The van der Waals surface area contributed by atoms with Crippen LogP contribution in [0.5, 0.6) is 0 Å². The van der Waals surface area contributed by atoms with E-state index in [9.17, 15) is 9.59 Å². The molecule has 2 saturated heterocycles. The number of carbonyl (C=O) groups excluding carboxylic acids is 2. The van der Waals surface area contributed by atoms with Crippen LogP contribution in [0.25, 0.3) is 0 Å². The molecule has 0 bridgehead atoms. The molecular weight excluding hydrogens is 388 g/mol. The second-order valence-corrected chi connectivity index (χ2v) is 8.03. The summed E-state index contributed by atoms with van der Waals surface area (Å²) in [5.74, 6) is 6.31. The molecule has 6 nitrogen and oxygen atoms in total. The molecule has 2 aromatic rings. The maximum absolute atomic E-state index is 12.3. The Morgan fingerprint density at radius 3 is 1.55 bits per heavy atom. The van der Waals surface area contributed by atoms with Gasteiger partial charge in [0.2, 0.25) is 11.8 Å². The molecule has 2 amide bonds. The Labute approximate surface area is 183 Å². The molecular formula is C25H28N4O2. The predicted octanol–water partition coefficient (Wildman–Crippen LogP) is 2.86. The van der Waals surface area contributed by atoms with Gasteiger partial charge in [-0.25, -0.2) is 0 Å². The molecule has 31 heavy (non-hydrogen) atoms. The molecule has 0 saturated carbocycles. The number of nitrogens with one attached hydrogen (secondary N) is 4. The van der Waals surface area contributed by atoms with Crippen LogP contribution in [0.2, 0.25) is 0 Å². The topological polar surface area (TPSA) is 82.3 Å². The first-order chi connectivity index (χ1) is 15.2. The van der Waals surface area contributed by atoms with Crippen molar-refractivity contribution in [2.75, 3.05) is 23.7 Å². The van der Waals surface area contributed by atoms with E-state index in [-0.39, 0.29) is 23.9 Å². The molecule has 2 heterocycles. The quantitative estimate of drug-likeness (QED) is 0.578. The van der Waals surface area contributed by atoms with Crippen molar-refractivity contribution < 1.29 is 9.59 Å². The van der Waals surface area contributed by atoms with Gasteiger partial charge in [-0.15, -0.1) is 0 Å². The molecule has 2 aromatic carbocycles. The molecule has 4 rings (SSSR count). The maximum atomic E-state index is 12.3. The van der Waals surface area contributed by atoms with E-state index in [4.69, 9.17) is 0 Å². The number of anilines is 2. The molecule has 0 aliphatic carbocycles. The Bertz CT molecular complexity index is 961. The molecule has 2 aliphatic rings. The fourth-order valence-corrected chi connectivity index (χ4v) is 3.86. The molecule has 6 heteroatoms. The third kappa shape index (κ3) is 5.94. The molecule has 2 aliphatic heterocycles. The lowest BCUT2D eigenvalue weighted by Gasteiger charge is -2.22. The van der Waals surface area contributed by atoms with E-state index in [1.807, 2.05) is 48.5 Å². The lowest BCUT2D eigenvalue weighted by molar-refractivity contribution is -0.119. The van der Waals surface area contributed by atoms with Crippen LogP contribution in [0.4, 0.5) is 11.4 Å². The highest BCUT2D eigenvalue weighted by Gasteiger charge is 2.22. The summed E-state index contributed by atoms with van der Waals surface area (Å²) in [4.78, 5) is 24.5. The van der Waals surface area contributed by atoms with Crippen molar-refractivity contribution in [2.24, 2.45) is 0 Å². The average Bonchev–Trinajstić information content (AvgIpc) is 3.35. The summed E-state index contributed by atoms with van der Waals surface area (Å²) in [5, 5.41) is 12.4. The Morgan fingerprint density at radius 2 is 1.13 bits per heavy atom. The summed E-state index contributed by atoms with van der Waals surface area (Å²) in [6.45, 7) is 1.80. The first-order valence-corrected chi connectivity index (χ1v) is 11.0. The van der Waals surface area contributed by atoms with E-state index in [2.05, 4.69) is 33.1 Å². The van der Waals surface area contributed by atoms with E-state index < -0.39 is 0 Å². The monoisotopic (exact) mass is 416 g/mol. The minimum absolute atomic E-state index is 0.0165. The Balaban J connectivity index is 1.30. The van der Waals surface area contributed by atoms with E-state index in [0.29, 0.717) is 0 Å². The second kappa shape index (κ2) is 10.3. The zero-order chi connectivity index (χ0) is 21.5. The zero-order valence-corrected chi connectivity index (χ0v) is 17.5. The third-order valence-corrected chi connectivity index (χ3v) is 5.66. The van der Waals surface area contributed by atoms with Crippen LogP contribution in [0.3, 0.4) is 0 Å². The number of rotatable bonds is 4. The summed E-state index contributed by atoms with van der Waals surface area (Å²) in [5.41, 5.74) is 3.30. The summed E-state index contributed by atoms with van der Waals surface area (Å²) >= 11 is 0. The Morgan fingerprint density at radius 1 is 0.677 bits per heavy atom. The number of hydrogen-bond donors (Lipinski definition) is 4. The van der Waals surface area contributed by atoms with Crippen LogP contribution in [-0.2, 0) is 9.59 Å². The van der Waals surface area contributed by atoms with Gasteiger partial charge in [-0.05, 0) is 87.3 Å². The van der Waals surface area contributed by atoms with Crippen LogP contribution < -0.4 is 21.3 Å². The van der Waals surface area contributed by atoms with Gasteiger partial charge in [-0.2, -0.15) is 0 Å². The number of benzene rings is 2. The largest absolute Gasteiger partial charge is 0.325 e. The number of piperidine rings is 1. The fraction of sp³-hybridized carbons (Fsp3) is 0.360. The van der Waals surface area contributed by atoms with Crippen molar-refractivity contribution >= 4 is 23.2 Å². The molecule has 0 spiro atoms. The van der Waals surface area contributed by atoms with Gasteiger partial charge in [-0.1, -0.05) is 18.3 Å². The summed E-state index contributed by atoms with van der Waals surface area (Å²) in [7, 11) is 0. The zero-order valence-electron chi connectivity index (χ0n) is 17.5. The minimum atomic E-state index is -0.101. The molecule has 0 aromatic heterocycles. The highest BCUT2D eigenvalue weighted by atomic mass is 16.2. The normalized spacial score (nSPS) is 20.4. The second-order valence-electron chi connectivity index (χ2n) is 8.03. The molecule has 4 N–H and O–H groups in total. The van der Waals surface area contributed by atoms with Crippen molar-refractivity contribution in [3.63, 3.8) is 0 Å². The van der Waals surface area contributed by atoms with Crippen molar-refractivity contribution in [2.45, 2.75) is 44.2 Å². The van der Waals surface area contributed by atoms with Crippen LogP contribution in [0.15, 0.2) is 48.5 Å². The number of carbonyl (C=O) groups is 2. The summed E-state index contributed by atoms with van der Waals surface area (Å²) in [6.07, 6.45) is 5.03. The lowest BCUT2D eigenvalue weighted by Crippen LogP contribution is -2.43. The van der Waals surface area contributed by atoms with Gasteiger partial charge < -0.3 is 21.3 Å². The van der Waals surface area contributed by atoms with Crippen molar-refractivity contribution in [3.05, 3.63) is 59.7 Å². The summed E-state index contributed by atoms with van der Waals surface area (Å²) in [6, 6.07) is 14.9. The highest BCUT2D eigenvalue weighted by molar-refractivity contribution is 5.95. The predicted molar refractivity (Wildman–Crippen MR) is 123 cm³/mol. The van der Waals surface area contributed by atoms with Crippen molar-refractivity contribution in [1.29, 1.82) is 0 Å². The minimum Gasteiger partial charge on any atom is -0.325 e. The van der Waals surface area contributed by atoms with Gasteiger partial charge in [0, 0.05) is 22.5 Å². The Kier molecular flexibility index (Phi) is 6.98. The molecule has 2 unspecified atom stereocenters. The van der Waals surface area contributed by atoms with Gasteiger partial charge in [0.15, 0.2) is 0 Å². The van der Waals surface area contributed by atoms with E-state index in [0.717, 1.165) is 67.7 Å². The van der Waals surface area contributed by atoms with Crippen LogP contribution >= 0.6 is 0 Å². The standard InChI is InChI=1S/C25H28N4O2/c30-24(22-4-1-2-16-26-22)28-20-12-8-18(9-13-20)6-7-19-10-14-21(15-11-19)29-25(31)23-5-3-17-27-23/h8-15,22-23,26-27H,1-5,16-17H2,(H,28,30)(H,29,31). The third-order valence-electron chi connectivity index (χ3n) is 5.66. The van der Waals surface area contributed by atoms with Gasteiger partial charge >= 0.3 is 0 Å². The SMILES string of the molecule is O=C(Nc1ccc(C#Cc2ccc(NC(=O)C3CCCN3)cc2)cc1)C1CCCCN1. The van der Waals surface area contributed by atoms with Gasteiger partial charge in [-0.3, -0.25) is 9.59 Å². The Hall–Kier alpha value is -3.14. The van der Waals surface area contributed by atoms with E-state index in [1.165, 1.54) is 0 Å². The molecule has 2 atom stereocenters. The average molecular weight is 417 g/mol. The van der Waals surface area contributed by atoms with Crippen molar-refractivity contribution in [1.82, 2.24) is 10.6 Å². The van der Waals surface area contributed by atoms with E-state index >= 15 is 0 Å². The molecule has 2 fully saturated rings.